The number of rotatable bonds is 6. The molecule has 7 nitrogen and oxygen atoms in total. The molecule has 0 spiro atoms. The smallest absolute Gasteiger partial charge is 0.404 e. The average molecular weight is 391 g/mol. The second-order valence-electron chi connectivity index (χ2n) is 4.33. The summed E-state index contributed by atoms with van der Waals surface area (Å²) in [6.45, 7) is 0.0525. The van der Waals surface area contributed by atoms with Crippen molar-refractivity contribution in [3.8, 4) is 0 Å². The van der Waals surface area contributed by atoms with Gasteiger partial charge in [0.15, 0.2) is 0 Å². The van der Waals surface area contributed by atoms with E-state index in [0.29, 0.717) is 6.54 Å². The van der Waals surface area contributed by atoms with Gasteiger partial charge < -0.3 is 10.4 Å². The molecule has 0 aliphatic rings. The van der Waals surface area contributed by atoms with Crippen molar-refractivity contribution in [1.82, 2.24) is 19.7 Å². The molecule has 2 aromatic rings. The van der Waals surface area contributed by atoms with E-state index in [1.807, 2.05) is 17.4 Å². The first-order valence-electron chi connectivity index (χ1n) is 6.11. The predicted octanol–water partition coefficient (Wildman–Crippen LogP) is 2.04. The lowest BCUT2D eigenvalue weighted by atomic mass is 10.3. The van der Waals surface area contributed by atoms with Crippen LogP contribution in [0.2, 0.25) is 0 Å². The number of aromatic nitrogens is 3. The summed E-state index contributed by atoms with van der Waals surface area (Å²) in [5.41, 5.74) is -0.284. The first kappa shape index (κ1) is 16.4. The Morgan fingerprint density at radius 2 is 2.32 bits per heavy atom. The lowest BCUT2D eigenvalue weighted by molar-refractivity contribution is 0.195. The third-order valence-electron chi connectivity index (χ3n) is 2.73. The summed E-state index contributed by atoms with van der Waals surface area (Å²) in [7, 11) is 0. The molecule has 2 heterocycles. The molecule has 0 radical (unpaired) electrons. The summed E-state index contributed by atoms with van der Waals surface area (Å²) < 4.78 is 16.2. The van der Waals surface area contributed by atoms with Crippen molar-refractivity contribution in [2.45, 2.75) is 13.1 Å². The van der Waals surface area contributed by atoms with Crippen LogP contribution in [0.5, 0.6) is 0 Å². The minimum Gasteiger partial charge on any atom is -0.465 e. The lowest BCUT2D eigenvalue weighted by Crippen LogP contribution is -2.29. The highest BCUT2D eigenvalue weighted by Gasteiger charge is 2.09. The summed E-state index contributed by atoms with van der Waals surface area (Å²) in [6.07, 6.45) is 0.384. The number of carbonyl (C=O) groups is 1. The molecule has 10 heteroatoms. The molecule has 0 saturated heterocycles. The fraction of sp³-hybridized carbons (Fsp3) is 0.250. The van der Waals surface area contributed by atoms with E-state index in [9.17, 15) is 14.0 Å². The SMILES string of the molecule is O=C(O)NCC(=CF)Cn1ncn(Cc2ccc(Br)s2)c1=O. The monoisotopic (exact) mass is 390 g/mol. The zero-order valence-electron chi connectivity index (χ0n) is 11.2. The minimum absolute atomic E-state index is 0.105. The first-order valence-corrected chi connectivity index (χ1v) is 7.72. The Labute approximate surface area is 136 Å². The van der Waals surface area contributed by atoms with Gasteiger partial charge >= 0.3 is 11.8 Å². The largest absolute Gasteiger partial charge is 0.465 e. The van der Waals surface area contributed by atoms with Crippen LogP contribution < -0.4 is 11.0 Å². The maximum atomic E-state index is 12.7. The van der Waals surface area contributed by atoms with Gasteiger partial charge in [0.25, 0.3) is 0 Å². The van der Waals surface area contributed by atoms with Crippen LogP contribution in [0.1, 0.15) is 4.88 Å². The molecule has 2 N–H and O–H groups in total. The molecule has 0 aliphatic heterocycles. The summed E-state index contributed by atoms with van der Waals surface area (Å²) >= 11 is 4.85. The van der Waals surface area contributed by atoms with Crippen LogP contribution in [0.3, 0.4) is 0 Å². The molecule has 0 saturated carbocycles. The normalized spacial score (nSPS) is 11.6. The summed E-state index contributed by atoms with van der Waals surface area (Å²) in [6, 6.07) is 3.78. The van der Waals surface area contributed by atoms with Crippen molar-refractivity contribution in [3.63, 3.8) is 0 Å². The number of nitrogens with one attached hydrogen (secondary N) is 1. The average Bonchev–Trinajstić information content (AvgIpc) is 3.03. The van der Waals surface area contributed by atoms with Gasteiger partial charge in [-0.05, 0) is 33.6 Å². The standard InChI is InChI=1S/C12H12BrFN4O3S/c13-10-2-1-9(22-10)6-17-7-16-18(12(17)21)5-8(3-14)4-15-11(19)20/h1-3,7,15H,4-6H2,(H,19,20). The first-order chi connectivity index (χ1) is 10.5. The second kappa shape index (κ2) is 7.36. The molecule has 2 rings (SSSR count). The Morgan fingerprint density at radius 1 is 1.55 bits per heavy atom. The molecular weight excluding hydrogens is 379 g/mol. The van der Waals surface area contributed by atoms with Crippen LogP contribution >= 0.6 is 27.3 Å². The van der Waals surface area contributed by atoms with Crippen LogP contribution in [-0.2, 0) is 13.1 Å². The van der Waals surface area contributed by atoms with Gasteiger partial charge in [0.1, 0.15) is 6.33 Å². The molecule has 0 aliphatic carbocycles. The van der Waals surface area contributed by atoms with E-state index in [-0.39, 0.29) is 30.7 Å². The van der Waals surface area contributed by atoms with Gasteiger partial charge in [-0.25, -0.2) is 18.7 Å². The molecule has 0 bridgehead atoms. The minimum atomic E-state index is -1.26. The maximum Gasteiger partial charge on any atom is 0.404 e. The third kappa shape index (κ3) is 4.28. The second-order valence-corrected chi connectivity index (χ2v) is 6.88. The van der Waals surface area contributed by atoms with Gasteiger partial charge in [0.2, 0.25) is 0 Å². The number of hydrogen-bond donors (Lipinski definition) is 2. The van der Waals surface area contributed by atoms with Gasteiger partial charge in [0, 0.05) is 11.4 Å². The van der Waals surface area contributed by atoms with E-state index < -0.39 is 6.09 Å². The van der Waals surface area contributed by atoms with Crippen LogP contribution in [0.4, 0.5) is 9.18 Å². The number of nitrogens with zero attached hydrogens (tertiary/aromatic N) is 3. The van der Waals surface area contributed by atoms with E-state index >= 15 is 0 Å². The third-order valence-corrected chi connectivity index (χ3v) is 4.33. The Kier molecular flexibility index (Phi) is 5.50. The Hall–Kier alpha value is -1.94. The molecule has 0 unspecified atom stereocenters. The zero-order chi connectivity index (χ0) is 16.1. The van der Waals surface area contributed by atoms with Crippen molar-refractivity contribution in [2.75, 3.05) is 6.54 Å². The number of amides is 1. The van der Waals surface area contributed by atoms with Crippen LogP contribution in [0.15, 0.2) is 38.9 Å². The van der Waals surface area contributed by atoms with Crippen molar-refractivity contribution < 1.29 is 14.3 Å². The van der Waals surface area contributed by atoms with E-state index in [1.165, 1.54) is 22.2 Å². The van der Waals surface area contributed by atoms with E-state index in [1.54, 1.807) is 0 Å². The van der Waals surface area contributed by atoms with E-state index in [0.717, 1.165) is 13.3 Å². The van der Waals surface area contributed by atoms with Crippen molar-refractivity contribution in [1.29, 1.82) is 0 Å². The summed E-state index contributed by atoms with van der Waals surface area (Å²) in [5, 5.41) is 14.4. The Bertz CT molecular complexity index is 752. The Morgan fingerprint density at radius 3 is 2.91 bits per heavy atom. The molecular formula is C12H12BrFN4O3S. The fourth-order valence-electron chi connectivity index (χ4n) is 1.70. The van der Waals surface area contributed by atoms with Crippen molar-refractivity contribution in [3.05, 3.63) is 49.5 Å². The molecule has 118 valence electrons. The van der Waals surface area contributed by atoms with Crippen LogP contribution in [-0.4, -0.2) is 32.1 Å². The van der Waals surface area contributed by atoms with Crippen molar-refractivity contribution >= 4 is 33.4 Å². The highest BCUT2D eigenvalue weighted by Crippen LogP contribution is 2.22. The highest BCUT2D eigenvalue weighted by molar-refractivity contribution is 9.11. The number of thiophene rings is 1. The van der Waals surface area contributed by atoms with Gasteiger partial charge in [-0.2, -0.15) is 5.10 Å². The quantitative estimate of drug-likeness (QED) is 0.789. The zero-order valence-corrected chi connectivity index (χ0v) is 13.6. The molecule has 0 aromatic carbocycles. The van der Waals surface area contributed by atoms with Crippen molar-refractivity contribution in [2.24, 2.45) is 0 Å². The number of carboxylic acid groups (broad SMARTS) is 1. The molecule has 22 heavy (non-hydrogen) atoms. The molecule has 0 atom stereocenters. The van der Waals surface area contributed by atoms with E-state index in [4.69, 9.17) is 5.11 Å². The summed E-state index contributed by atoms with van der Waals surface area (Å²) in [5.74, 6) is 0. The topological polar surface area (TPSA) is 89.2 Å². The maximum absolute atomic E-state index is 12.7. The van der Waals surface area contributed by atoms with Gasteiger partial charge in [-0.15, -0.1) is 11.3 Å². The van der Waals surface area contributed by atoms with Gasteiger partial charge in [-0.1, -0.05) is 0 Å². The van der Waals surface area contributed by atoms with Crippen LogP contribution in [0.25, 0.3) is 0 Å². The number of halogens is 2. The van der Waals surface area contributed by atoms with Crippen LogP contribution in [0, 0.1) is 0 Å². The molecule has 2 aromatic heterocycles. The lowest BCUT2D eigenvalue weighted by Gasteiger charge is -2.05. The highest BCUT2D eigenvalue weighted by atomic mass is 79.9. The Balaban J connectivity index is 2.07. The summed E-state index contributed by atoms with van der Waals surface area (Å²) in [4.78, 5) is 23.5. The fourth-order valence-corrected chi connectivity index (χ4v) is 3.19. The van der Waals surface area contributed by atoms with Gasteiger partial charge in [-0.3, -0.25) is 4.57 Å². The van der Waals surface area contributed by atoms with E-state index in [2.05, 4.69) is 21.0 Å². The predicted molar refractivity (Wildman–Crippen MR) is 82.8 cm³/mol. The number of hydrogen-bond acceptors (Lipinski definition) is 4. The van der Waals surface area contributed by atoms with Gasteiger partial charge in [0.05, 0.1) is 23.2 Å². The molecule has 1 amide bonds. The molecule has 0 fully saturated rings.